The molecule has 0 bridgehead atoms. The van der Waals surface area contributed by atoms with Gasteiger partial charge in [-0.2, -0.15) is 0 Å². The van der Waals surface area contributed by atoms with Crippen molar-refractivity contribution in [3.8, 4) is 0 Å². The first kappa shape index (κ1) is 11.3. The van der Waals surface area contributed by atoms with Gasteiger partial charge in [0.2, 0.25) is 0 Å². The summed E-state index contributed by atoms with van der Waals surface area (Å²) in [5.74, 6) is -1.53. The van der Waals surface area contributed by atoms with Crippen LogP contribution in [0.1, 0.15) is 10.4 Å². The second kappa shape index (κ2) is 3.99. The van der Waals surface area contributed by atoms with Crippen LogP contribution in [0.15, 0.2) is 28.7 Å². The average molecular weight is 285 g/mol. The summed E-state index contributed by atoms with van der Waals surface area (Å²) in [5, 5.41) is 9.09. The molecule has 5 heteroatoms. The van der Waals surface area contributed by atoms with Crippen LogP contribution in [-0.2, 0) is 9.53 Å². The van der Waals surface area contributed by atoms with Gasteiger partial charge in [-0.05, 0) is 6.07 Å². The van der Waals surface area contributed by atoms with Crippen molar-refractivity contribution in [2.75, 3.05) is 13.2 Å². The molecule has 2 rings (SSSR count). The lowest BCUT2D eigenvalue weighted by atomic mass is 9.78. The number of carbonyl (C=O) groups is 2. The van der Waals surface area contributed by atoms with Crippen molar-refractivity contribution in [3.05, 3.63) is 34.3 Å². The van der Waals surface area contributed by atoms with E-state index in [1.807, 2.05) is 0 Å². The van der Waals surface area contributed by atoms with Crippen LogP contribution in [0.5, 0.6) is 0 Å². The normalized spacial score (nSPS) is 17.6. The highest BCUT2D eigenvalue weighted by Crippen LogP contribution is 2.34. The molecule has 0 spiro atoms. The number of carboxylic acid groups (broad SMARTS) is 1. The first-order valence-electron chi connectivity index (χ1n) is 4.68. The van der Waals surface area contributed by atoms with Crippen molar-refractivity contribution in [2.24, 2.45) is 5.41 Å². The molecule has 0 atom stereocenters. The third kappa shape index (κ3) is 1.56. The zero-order valence-corrected chi connectivity index (χ0v) is 9.86. The minimum atomic E-state index is -1.40. The zero-order chi connectivity index (χ0) is 11.8. The number of Topliss-reactive ketones (excluding diaryl/α,β-unsaturated/α-hetero) is 1. The Balaban J connectivity index is 2.39. The number of hydrogen-bond donors (Lipinski definition) is 1. The van der Waals surface area contributed by atoms with Gasteiger partial charge in [0.05, 0.1) is 13.2 Å². The number of ketones is 1. The highest BCUT2D eigenvalue weighted by atomic mass is 79.9. The average Bonchev–Trinajstić information content (AvgIpc) is 2.15. The van der Waals surface area contributed by atoms with E-state index in [2.05, 4.69) is 15.9 Å². The molecule has 1 aromatic carbocycles. The maximum atomic E-state index is 12.1. The van der Waals surface area contributed by atoms with Crippen LogP contribution < -0.4 is 0 Å². The van der Waals surface area contributed by atoms with Gasteiger partial charge in [0.1, 0.15) is 0 Å². The monoisotopic (exact) mass is 284 g/mol. The lowest BCUT2D eigenvalue weighted by molar-refractivity contribution is -0.169. The van der Waals surface area contributed by atoms with Gasteiger partial charge in [0.25, 0.3) is 0 Å². The Bertz CT molecular complexity index is 451. The summed E-state index contributed by atoms with van der Waals surface area (Å²) >= 11 is 3.24. The van der Waals surface area contributed by atoms with E-state index in [1.54, 1.807) is 24.3 Å². The van der Waals surface area contributed by atoms with Crippen LogP contribution >= 0.6 is 15.9 Å². The molecule has 1 aliphatic heterocycles. The van der Waals surface area contributed by atoms with Gasteiger partial charge in [-0.3, -0.25) is 9.59 Å². The standard InChI is InChI=1S/C11H9BrO4/c12-8-4-2-1-3-7(8)9(13)11(10(14)15)5-16-6-11/h1-4H,5-6H2,(H,14,15). The summed E-state index contributed by atoms with van der Waals surface area (Å²) in [6.07, 6.45) is 0. The maximum absolute atomic E-state index is 12.1. The molecule has 1 heterocycles. The van der Waals surface area contributed by atoms with Gasteiger partial charge in [-0.15, -0.1) is 0 Å². The number of rotatable bonds is 3. The molecule has 84 valence electrons. The molecule has 16 heavy (non-hydrogen) atoms. The van der Waals surface area contributed by atoms with E-state index in [4.69, 9.17) is 9.84 Å². The van der Waals surface area contributed by atoms with Crippen LogP contribution in [-0.4, -0.2) is 30.1 Å². The summed E-state index contributed by atoms with van der Waals surface area (Å²) in [6, 6.07) is 6.79. The SMILES string of the molecule is O=C(O)C1(C(=O)c2ccccc2Br)COC1. The van der Waals surface area contributed by atoms with E-state index in [1.165, 1.54) is 0 Å². The highest BCUT2D eigenvalue weighted by molar-refractivity contribution is 9.10. The summed E-state index contributed by atoms with van der Waals surface area (Å²) in [7, 11) is 0. The molecular weight excluding hydrogens is 276 g/mol. The van der Waals surface area contributed by atoms with E-state index in [0.717, 1.165) is 0 Å². The number of carbonyl (C=O) groups excluding carboxylic acids is 1. The Morgan fingerprint density at radius 2 is 1.94 bits per heavy atom. The molecule has 1 fully saturated rings. The van der Waals surface area contributed by atoms with E-state index in [-0.39, 0.29) is 13.2 Å². The lowest BCUT2D eigenvalue weighted by Crippen LogP contribution is -2.54. The second-order valence-electron chi connectivity index (χ2n) is 3.69. The molecule has 4 nitrogen and oxygen atoms in total. The fourth-order valence-corrected chi connectivity index (χ4v) is 2.03. The number of benzene rings is 1. The van der Waals surface area contributed by atoms with Gasteiger partial charge < -0.3 is 9.84 Å². The van der Waals surface area contributed by atoms with Gasteiger partial charge in [0.15, 0.2) is 11.2 Å². The van der Waals surface area contributed by atoms with Crippen LogP contribution in [0.4, 0.5) is 0 Å². The quantitative estimate of drug-likeness (QED) is 0.678. The van der Waals surface area contributed by atoms with Crippen molar-refractivity contribution >= 4 is 27.7 Å². The molecular formula is C11H9BrO4. The topological polar surface area (TPSA) is 63.6 Å². The maximum Gasteiger partial charge on any atom is 0.322 e. The molecule has 1 aromatic rings. The smallest absolute Gasteiger partial charge is 0.322 e. The first-order chi connectivity index (χ1) is 7.58. The fraction of sp³-hybridized carbons (Fsp3) is 0.273. The Morgan fingerprint density at radius 3 is 2.38 bits per heavy atom. The molecule has 1 aliphatic rings. The first-order valence-corrected chi connectivity index (χ1v) is 5.48. The van der Waals surface area contributed by atoms with E-state index in [9.17, 15) is 9.59 Å². The van der Waals surface area contributed by atoms with Gasteiger partial charge >= 0.3 is 5.97 Å². The molecule has 0 aliphatic carbocycles. The van der Waals surface area contributed by atoms with Crippen LogP contribution in [0.2, 0.25) is 0 Å². The number of carboxylic acids is 1. The Labute approximate surface area is 100 Å². The summed E-state index contributed by atoms with van der Waals surface area (Å²) in [5.41, 5.74) is -1.02. The van der Waals surface area contributed by atoms with E-state index < -0.39 is 17.2 Å². The van der Waals surface area contributed by atoms with Gasteiger partial charge in [-0.1, -0.05) is 34.1 Å². The zero-order valence-electron chi connectivity index (χ0n) is 8.27. The van der Waals surface area contributed by atoms with Crippen LogP contribution in [0, 0.1) is 5.41 Å². The highest BCUT2D eigenvalue weighted by Gasteiger charge is 2.53. The van der Waals surface area contributed by atoms with Crippen LogP contribution in [0.3, 0.4) is 0 Å². The van der Waals surface area contributed by atoms with Gasteiger partial charge in [0, 0.05) is 10.0 Å². The Kier molecular flexibility index (Phi) is 2.82. The number of aliphatic carboxylic acids is 1. The van der Waals surface area contributed by atoms with Crippen molar-refractivity contribution in [1.82, 2.24) is 0 Å². The predicted octanol–water partition coefficient (Wildman–Crippen LogP) is 1.73. The summed E-state index contributed by atoms with van der Waals surface area (Å²) < 4.78 is 5.47. The second-order valence-corrected chi connectivity index (χ2v) is 4.54. The molecule has 0 amide bonds. The number of hydrogen-bond acceptors (Lipinski definition) is 3. The summed E-state index contributed by atoms with van der Waals surface area (Å²) in [6.45, 7) is -0.106. The third-order valence-corrected chi connectivity index (χ3v) is 3.35. The van der Waals surface area contributed by atoms with Crippen LogP contribution in [0.25, 0.3) is 0 Å². The number of ether oxygens (including phenoxy) is 1. The van der Waals surface area contributed by atoms with Crippen molar-refractivity contribution in [3.63, 3.8) is 0 Å². The van der Waals surface area contributed by atoms with Crippen molar-refractivity contribution in [1.29, 1.82) is 0 Å². The largest absolute Gasteiger partial charge is 0.480 e. The van der Waals surface area contributed by atoms with Crippen molar-refractivity contribution in [2.45, 2.75) is 0 Å². The molecule has 1 N–H and O–H groups in total. The molecule has 0 unspecified atom stereocenters. The van der Waals surface area contributed by atoms with Crippen molar-refractivity contribution < 1.29 is 19.4 Å². The third-order valence-electron chi connectivity index (χ3n) is 2.66. The Hall–Kier alpha value is -1.20. The predicted molar refractivity (Wildman–Crippen MR) is 59.4 cm³/mol. The minimum absolute atomic E-state index is 0.0531. The Morgan fingerprint density at radius 1 is 1.31 bits per heavy atom. The molecule has 1 saturated heterocycles. The van der Waals surface area contributed by atoms with E-state index >= 15 is 0 Å². The fourth-order valence-electron chi connectivity index (χ4n) is 1.56. The molecule has 0 saturated carbocycles. The molecule has 0 radical (unpaired) electrons. The van der Waals surface area contributed by atoms with E-state index in [0.29, 0.717) is 10.0 Å². The minimum Gasteiger partial charge on any atom is -0.480 e. The van der Waals surface area contributed by atoms with Gasteiger partial charge in [-0.25, -0.2) is 0 Å². The number of halogens is 1. The molecule has 0 aromatic heterocycles. The summed E-state index contributed by atoms with van der Waals surface area (Å²) in [4.78, 5) is 23.2. The lowest BCUT2D eigenvalue weighted by Gasteiger charge is -2.35.